The monoisotopic (exact) mass is 197 g/mol. The van der Waals surface area contributed by atoms with Crippen LogP contribution in [0.25, 0.3) is 0 Å². The van der Waals surface area contributed by atoms with Crippen molar-refractivity contribution in [1.82, 2.24) is 4.57 Å². The normalized spacial score (nSPS) is 13.5. The lowest BCUT2D eigenvalue weighted by Gasteiger charge is -2.12. The predicted molar refractivity (Wildman–Crippen MR) is 56.2 cm³/mol. The summed E-state index contributed by atoms with van der Waals surface area (Å²) in [5.74, 6) is 0. The molecule has 0 fully saturated rings. The molecular formula is C11H19NO2. The second-order valence-electron chi connectivity index (χ2n) is 3.72. The number of aliphatic hydroxyl groups is 1. The maximum absolute atomic E-state index is 9.44. The molecule has 0 spiro atoms. The molecule has 1 unspecified atom stereocenters. The van der Waals surface area contributed by atoms with Crippen molar-refractivity contribution in [2.24, 2.45) is 0 Å². The fourth-order valence-corrected chi connectivity index (χ4v) is 1.40. The Hall–Kier alpha value is -0.800. The number of ether oxygens (including phenoxy) is 1. The topological polar surface area (TPSA) is 34.4 Å². The van der Waals surface area contributed by atoms with E-state index in [1.807, 2.05) is 36.7 Å². The molecule has 1 heterocycles. The Bertz CT molecular complexity index is 266. The third-order valence-electron chi connectivity index (χ3n) is 2.08. The zero-order valence-corrected chi connectivity index (χ0v) is 9.10. The first kappa shape index (κ1) is 11.3. The predicted octanol–water partition coefficient (Wildman–Crippen LogP) is 1.97. The molecular weight excluding hydrogens is 178 g/mol. The molecule has 1 aromatic heterocycles. The standard InChI is InChI=1S/C11H19NO2/c1-9(2)14-8-7-12-6-4-5-11(12)10(3)13/h4-6,9-10,13H,7-8H2,1-3H3. The molecule has 0 amide bonds. The van der Waals surface area contributed by atoms with Crippen LogP contribution in [-0.2, 0) is 11.3 Å². The van der Waals surface area contributed by atoms with Gasteiger partial charge < -0.3 is 14.4 Å². The minimum Gasteiger partial charge on any atom is -0.387 e. The van der Waals surface area contributed by atoms with E-state index in [9.17, 15) is 5.11 Å². The van der Waals surface area contributed by atoms with Crippen LogP contribution in [0.3, 0.4) is 0 Å². The minimum atomic E-state index is -0.413. The smallest absolute Gasteiger partial charge is 0.0911 e. The van der Waals surface area contributed by atoms with Gasteiger partial charge in [0.05, 0.1) is 18.8 Å². The molecule has 1 aromatic rings. The molecule has 0 bridgehead atoms. The first-order valence-electron chi connectivity index (χ1n) is 5.06. The number of hydrogen-bond acceptors (Lipinski definition) is 2. The van der Waals surface area contributed by atoms with E-state index in [0.29, 0.717) is 6.61 Å². The van der Waals surface area contributed by atoms with Crippen molar-refractivity contribution in [1.29, 1.82) is 0 Å². The van der Waals surface area contributed by atoms with E-state index >= 15 is 0 Å². The third kappa shape index (κ3) is 3.16. The summed E-state index contributed by atoms with van der Waals surface area (Å²) in [5.41, 5.74) is 0.942. The molecule has 3 nitrogen and oxygen atoms in total. The van der Waals surface area contributed by atoms with Crippen LogP contribution in [0.1, 0.15) is 32.6 Å². The van der Waals surface area contributed by atoms with Gasteiger partial charge in [0.15, 0.2) is 0 Å². The first-order chi connectivity index (χ1) is 6.61. The molecule has 3 heteroatoms. The van der Waals surface area contributed by atoms with E-state index in [1.165, 1.54) is 0 Å². The van der Waals surface area contributed by atoms with Crippen molar-refractivity contribution >= 4 is 0 Å². The highest BCUT2D eigenvalue weighted by atomic mass is 16.5. The maximum atomic E-state index is 9.44. The van der Waals surface area contributed by atoms with E-state index in [-0.39, 0.29) is 6.10 Å². The second kappa shape index (κ2) is 5.17. The molecule has 14 heavy (non-hydrogen) atoms. The van der Waals surface area contributed by atoms with Gasteiger partial charge in [-0.2, -0.15) is 0 Å². The first-order valence-corrected chi connectivity index (χ1v) is 5.06. The maximum Gasteiger partial charge on any atom is 0.0911 e. The number of aromatic nitrogens is 1. The van der Waals surface area contributed by atoms with Gasteiger partial charge >= 0.3 is 0 Å². The minimum absolute atomic E-state index is 0.264. The van der Waals surface area contributed by atoms with Crippen LogP contribution in [0.15, 0.2) is 18.3 Å². The van der Waals surface area contributed by atoms with Crippen molar-refractivity contribution in [3.8, 4) is 0 Å². The summed E-state index contributed by atoms with van der Waals surface area (Å²) in [6.45, 7) is 7.29. The van der Waals surface area contributed by atoms with Gasteiger partial charge in [0, 0.05) is 18.4 Å². The zero-order chi connectivity index (χ0) is 10.6. The van der Waals surface area contributed by atoms with E-state index in [2.05, 4.69) is 0 Å². The quantitative estimate of drug-likeness (QED) is 0.783. The summed E-state index contributed by atoms with van der Waals surface area (Å²) < 4.78 is 7.47. The lowest BCUT2D eigenvalue weighted by atomic mass is 10.3. The van der Waals surface area contributed by atoms with E-state index in [1.54, 1.807) is 6.92 Å². The summed E-state index contributed by atoms with van der Waals surface area (Å²) in [6.07, 6.45) is 1.82. The molecule has 0 aromatic carbocycles. The zero-order valence-electron chi connectivity index (χ0n) is 9.10. The Balaban J connectivity index is 2.46. The summed E-state index contributed by atoms with van der Waals surface area (Å²) in [6, 6.07) is 3.87. The molecule has 0 saturated heterocycles. The van der Waals surface area contributed by atoms with Gasteiger partial charge in [-0.05, 0) is 32.9 Å². The molecule has 1 N–H and O–H groups in total. The number of nitrogens with zero attached hydrogens (tertiary/aromatic N) is 1. The van der Waals surface area contributed by atoms with E-state index in [0.717, 1.165) is 12.2 Å². The Morgan fingerprint density at radius 3 is 2.71 bits per heavy atom. The van der Waals surface area contributed by atoms with Crippen molar-refractivity contribution in [3.05, 3.63) is 24.0 Å². The average Bonchev–Trinajstić information content (AvgIpc) is 2.51. The van der Waals surface area contributed by atoms with Crippen LogP contribution in [0, 0.1) is 0 Å². The molecule has 0 aliphatic rings. The largest absolute Gasteiger partial charge is 0.387 e. The molecule has 0 radical (unpaired) electrons. The van der Waals surface area contributed by atoms with Crippen LogP contribution < -0.4 is 0 Å². The molecule has 0 aliphatic carbocycles. The molecule has 0 saturated carbocycles. The summed E-state index contributed by atoms with van der Waals surface area (Å²) >= 11 is 0. The van der Waals surface area contributed by atoms with Gasteiger partial charge in [0.25, 0.3) is 0 Å². The van der Waals surface area contributed by atoms with Crippen molar-refractivity contribution in [2.75, 3.05) is 6.61 Å². The summed E-state index contributed by atoms with van der Waals surface area (Å²) in [5, 5.41) is 9.44. The van der Waals surface area contributed by atoms with E-state index in [4.69, 9.17) is 4.74 Å². The third-order valence-corrected chi connectivity index (χ3v) is 2.08. The highest BCUT2D eigenvalue weighted by molar-refractivity contribution is 5.09. The fourth-order valence-electron chi connectivity index (χ4n) is 1.40. The Morgan fingerprint density at radius 2 is 2.14 bits per heavy atom. The highest BCUT2D eigenvalue weighted by Crippen LogP contribution is 2.12. The van der Waals surface area contributed by atoms with Crippen LogP contribution in [0.2, 0.25) is 0 Å². The van der Waals surface area contributed by atoms with Crippen molar-refractivity contribution in [2.45, 2.75) is 39.5 Å². The SMILES string of the molecule is CC(C)OCCn1cccc1C(C)O. The van der Waals surface area contributed by atoms with Gasteiger partial charge in [0.2, 0.25) is 0 Å². The second-order valence-corrected chi connectivity index (χ2v) is 3.72. The highest BCUT2D eigenvalue weighted by Gasteiger charge is 2.05. The lowest BCUT2D eigenvalue weighted by Crippen LogP contribution is -2.12. The number of hydrogen-bond donors (Lipinski definition) is 1. The van der Waals surface area contributed by atoms with Crippen LogP contribution in [0.5, 0.6) is 0 Å². The van der Waals surface area contributed by atoms with Crippen LogP contribution >= 0.6 is 0 Å². The lowest BCUT2D eigenvalue weighted by molar-refractivity contribution is 0.0710. The van der Waals surface area contributed by atoms with Crippen LogP contribution in [0.4, 0.5) is 0 Å². The molecule has 1 atom stereocenters. The van der Waals surface area contributed by atoms with Gasteiger partial charge in [0.1, 0.15) is 0 Å². The van der Waals surface area contributed by atoms with Crippen molar-refractivity contribution in [3.63, 3.8) is 0 Å². The Labute approximate surface area is 85.3 Å². The summed E-state index contributed by atoms with van der Waals surface area (Å²) in [4.78, 5) is 0. The fraction of sp³-hybridized carbons (Fsp3) is 0.636. The Morgan fingerprint density at radius 1 is 1.43 bits per heavy atom. The molecule has 1 rings (SSSR count). The van der Waals surface area contributed by atoms with Gasteiger partial charge in [-0.15, -0.1) is 0 Å². The molecule has 0 aliphatic heterocycles. The summed E-state index contributed by atoms with van der Waals surface area (Å²) in [7, 11) is 0. The Kier molecular flexibility index (Phi) is 4.17. The van der Waals surface area contributed by atoms with E-state index < -0.39 is 6.10 Å². The van der Waals surface area contributed by atoms with Gasteiger partial charge in [-0.25, -0.2) is 0 Å². The number of rotatable bonds is 5. The molecule has 80 valence electrons. The van der Waals surface area contributed by atoms with Crippen LogP contribution in [-0.4, -0.2) is 22.4 Å². The van der Waals surface area contributed by atoms with Gasteiger partial charge in [-0.1, -0.05) is 0 Å². The van der Waals surface area contributed by atoms with Crippen molar-refractivity contribution < 1.29 is 9.84 Å². The van der Waals surface area contributed by atoms with Gasteiger partial charge in [-0.3, -0.25) is 0 Å². The number of aliphatic hydroxyl groups excluding tert-OH is 1. The average molecular weight is 197 g/mol.